The summed E-state index contributed by atoms with van der Waals surface area (Å²) in [4.78, 5) is 0. The first kappa shape index (κ1) is 13.7. The van der Waals surface area contributed by atoms with E-state index in [1.165, 1.54) is 0 Å². The molecule has 0 bridgehead atoms. The molecule has 0 N–H and O–H groups in total. The lowest BCUT2D eigenvalue weighted by atomic mass is 10.1. The number of alkyl halides is 1. The van der Waals surface area contributed by atoms with Crippen LogP contribution in [0.3, 0.4) is 0 Å². The van der Waals surface area contributed by atoms with E-state index in [1.54, 1.807) is 14.2 Å². The first-order valence-electron chi connectivity index (χ1n) is 5.19. The normalized spacial score (nSPS) is 12.3. The molecular weight excluding hydrogens is 291 g/mol. The number of hydrogen-bond donors (Lipinski definition) is 0. The molecule has 16 heavy (non-hydrogen) atoms. The van der Waals surface area contributed by atoms with E-state index < -0.39 is 0 Å². The highest BCUT2D eigenvalue weighted by atomic mass is 79.9. The fraction of sp³-hybridized carbons (Fsp3) is 0.500. The number of halogens is 2. The van der Waals surface area contributed by atoms with Crippen molar-refractivity contribution in [3.05, 3.63) is 22.2 Å². The number of hydrogen-bond acceptors (Lipinski definition) is 2. The third-order valence-corrected chi connectivity index (χ3v) is 3.46. The lowest BCUT2D eigenvalue weighted by molar-refractivity contribution is 0.395. The standard InChI is InChI=1S/C12H16BrClO2/c1-4-5-10(14)8-6-12(16-3)9(13)7-11(8)15-2/h6-7,10H,4-5H2,1-3H3. The maximum atomic E-state index is 6.32. The summed E-state index contributed by atoms with van der Waals surface area (Å²) < 4.78 is 11.4. The molecule has 0 heterocycles. The minimum atomic E-state index is -0.0399. The summed E-state index contributed by atoms with van der Waals surface area (Å²) in [5, 5.41) is -0.0399. The lowest BCUT2D eigenvalue weighted by Gasteiger charge is -2.15. The molecule has 90 valence electrons. The lowest BCUT2D eigenvalue weighted by Crippen LogP contribution is -1.97. The third kappa shape index (κ3) is 3.05. The van der Waals surface area contributed by atoms with Gasteiger partial charge in [0, 0.05) is 5.56 Å². The van der Waals surface area contributed by atoms with Crippen molar-refractivity contribution in [2.75, 3.05) is 14.2 Å². The Balaban J connectivity index is 3.13. The fourth-order valence-corrected chi connectivity index (χ4v) is 2.41. The largest absolute Gasteiger partial charge is 0.496 e. The number of benzene rings is 1. The van der Waals surface area contributed by atoms with Crippen LogP contribution in [0, 0.1) is 0 Å². The van der Waals surface area contributed by atoms with Crippen LogP contribution in [0.1, 0.15) is 30.7 Å². The Kier molecular flexibility index (Phi) is 5.42. The minimum absolute atomic E-state index is 0.0399. The molecule has 0 saturated heterocycles. The van der Waals surface area contributed by atoms with Crippen LogP contribution in [0.2, 0.25) is 0 Å². The SMILES string of the molecule is CCCC(Cl)c1cc(OC)c(Br)cc1OC. The van der Waals surface area contributed by atoms with E-state index in [1.807, 2.05) is 12.1 Å². The molecule has 0 spiro atoms. The van der Waals surface area contributed by atoms with Crippen LogP contribution < -0.4 is 9.47 Å². The van der Waals surface area contributed by atoms with Crippen LogP contribution in [-0.4, -0.2) is 14.2 Å². The van der Waals surface area contributed by atoms with E-state index in [-0.39, 0.29) is 5.38 Å². The molecule has 0 saturated carbocycles. The Morgan fingerprint density at radius 2 is 1.88 bits per heavy atom. The zero-order chi connectivity index (χ0) is 12.1. The molecular formula is C12H16BrClO2. The van der Waals surface area contributed by atoms with Crippen LogP contribution in [0.25, 0.3) is 0 Å². The first-order chi connectivity index (χ1) is 7.63. The van der Waals surface area contributed by atoms with Crippen molar-refractivity contribution in [3.8, 4) is 11.5 Å². The van der Waals surface area contributed by atoms with Gasteiger partial charge < -0.3 is 9.47 Å². The maximum Gasteiger partial charge on any atom is 0.133 e. The number of ether oxygens (including phenoxy) is 2. The molecule has 2 nitrogen and oxygen atoms in total. The topological polar surface area (TPSA) is 18.5 Å². The predicted octanol–water partition coefficient (Wildman–Crippen LogP) is 4.55. The zero-order valence-corrected chi connectivity index (χ0v) is 12.1. The van der Waals surface area contributed by atoms with Crippen molar-refractivity contribution in [2.45, 2.75) is 25.1 Å². The summed E-state index contributed by atoms with van der Waals surface area (Å²) in [6.07, 6.45) is 1.96. The molecule has 4 heteroatoms. The average Bonchev–Trinajstić information content (AvgIpc) is 2.28. The molecule has 1 rings (SSSR count). The number of rotatable bonds is 5. The van der Waals surface area contributed by atoms with E-state index >= 15 is 0 Å². The van der Waals surface area contributed by atoms with E-state index in [2.05, 4.69) is 22.9 Å². The highest BCUT2D eigenvalue weighted by Gasteiger charge is 2.16. The molecule has 1 unspecified atom stereocenters. The van der Waals surface area contributed by atoms with E-state index in [0.29, 0.717) is 0 Å². The van der Waals surface area contributed by atoms with Gasteiger partial charge in [-0.1, -0.05) is 13.3 Å². The van der Waals surface area contributed by atoms with Crippen LogP contribution >= 0.6 is 27.5 Å². The Bertz CT molecular complexity index is 355. The van der Waals surface area contributed by atoms with Gasteiger partial charge in [-0.05, 0) is 34.5 Å². The van der Waals surface area contributed by atoms with Crippen molar-refractivity contribution in [2.24, 2.45) is 0 Å². The Morgan fingerprint density at radius 3 is 2.38 bits per heavy atom. The van der Waals surface area contributed by atoms with Crippen LogP contribution in [0.4, 0.5) is 0 Å². The van der Waals surface area contributed by atoms with Crippen molar-refractivity contribution in [1.82, 2.24) is 0 Å². The second kappa shape index (κ2) is 6.36. The van der Waals surface area contributed by atoms with Gasteiger partial charge in [-0.25, -0.2) is 0 Å². The summed E-state index contributed by atoms with van der Waals surface area (Å²) in [5.41, 5.74) is 0.978. The molecule has 1 atom stereocenters. The molecule has 1 aromatic rings. The first-order valence-corrected chi connectivity index (χ1v) is 6.42. The molecule has 0 aliphatic heterocycles. The Labute approximate surface area is 110 Å². The highest BCUT2D eigenvalue weighted by Crippen LogP contribution is 2.39. The van der Waals surface area contributed by atoms with Crippen LogP contribution in [0.15, 0.2) is 16.6 Å². The van der Waals surface area contributed by atoms with Gasteiger partial charge in [0.15, 0.2) is 0 Å². The van der Waals surface area contributed by atoms with Gasteiger partial charge in [-0.2, -0.15) is 0 Å². The summed E-state index contributed by atoms with van der Waals surface area (Å²) in [7, 11) is 3.28. The second-order valence-electron chi connectivity index (χ2n) is 3.48. The monoisotopic (exact) mass is 306 g/mol. The average molecular weight is 308 g/mol. The smallest absolute Gasteiger partial charge is 0.133 e. The molecule has 0 fully saturated rings. The van der Waals surface area contributed by atoms with Crippen molar-refractivity contribution >= 4 is 27.5 Å². The fourth-order valence-electron chi connectivity index (χ4n) is 1.54. The quantitative estimate of drug-likeness (QED) is 0.743. The molecule has 0 aromatic heterocycles. The highest BCUT2D eigenvalue weighted by molar-refractivity contribution is 9.10. The van der Waals surface area contributed by atoms with E-state index in [9.17, 15) is 0 Å². The summed E-state index contributed by atoms with van der Waals surface area (Å²) in [5.74, 6) is 1.57. The van der Waals surface area contributed by atoms with Gasteiger partial charge >= 0.3 is 0 Å². The van der Waals surface area contributed by atoms with Crippen LogP contribution in [-0.2, 0) is 0 Å². The second-order valence-corrected chi connectivity index (χ2v) is 4.87. The third-order valence-electron chi connectivity index (χ3n) is 2.38. The van der Waals surface area contributed by atoms with Crippen molar-refractivity contribution in [3.63, 3.8) is 0 Å². The zero-order valence-electron chi connectivity index (χ0n) is 9.72. The van der Waals surface area contributed by atoms with Crippen molar-refractivity contribution in [1.29, 1.82) is 0 Å². The summed E-state index contributed by atoms with van der Waals surface area (Å²) >= 11 is 9.74. The van der Waals surface area contributed by atoms with Crippen LogP contribution in [0.5, 0.6) is 11.5 Å². The summed E-state index contributed by atoms with van der Waals surface area (Å²) in [6, 6.07) is 3.81. The Morgan fingerprint density at radius 1 is 1.25 bits per heavy atom. The van der Waals surface area contributed by atoms with Gasteiger partial charge in [0.25, 0.3) is 0 Å². The molecule has 0 amide bonds. The van der Waals surface area contributed by atoms with Gasteiger partial charge in [-0.15, -0.1) is 11.6 Å². The molecule has 1 aromatic carbocycles. The molecule has 0 aliphatic carbocycles. The Hall–Kier alpha value is -0.410. The van der Waals surface area contributed by atoms with E-state index in [4.69, 9.17) is 21.1 Å². The minimum Gasteiger partial charge on any atom is -0.496 e. The van der Waals surface area contributed by atoms with E-state index in [0.717, 1.165) is 34.4 Å². The molecule has 0 aliphatic rings. The molecule has 0 radical (unpaired) electrons. The summed E-state index contributed by atoms with van der Waals surface area (Å²) in [6.45, 7) is 2.11. The van der Waals surface area contributed by atoms with Gasteiger partial charge in [-0.3, -0.25) is 0 Å². The van der Waals surface area contributed by atoms with Gasteiger partial charge in [0.2, 0.25) is 0 Å². The van der Waals surface area contributed by atoms with Gasteiger partial charge in [0.1, 0.15) is 11.5 Å². The maximum absolute atomic E-state index is 6.32. The van der Waals surface area contributed by atoms with Crippen molar-refractivity contribution < 1.29 is 9.47 Å². The van der Waals surface area contributed by atoms with Gasteiger partial charge in [0.05, 0.1) is 24.1 Å². The number of methoxy groups -OCH3 is 2. The predicted molar refractivity (Wildman–Crippen MR) is 70.7 cm³/mol.